The van der Waals surface area contributed by atoms with Crippen molar-refractivity contribution in [2.24, 2.45) is 0 Å². The molecule has 0 radical (unpaired) electrons. The number of nitrogen functional groups attached to an aromatic ring is 1. The van der Waals surface area contributed by atoms with Gasteiger partial charge in [-0.15, -0.1) is 0 Å². The Kier molecular flexibility index (Phi) is 4.23. The van der Waals surface area contributed by atoms with Crippen molar-refractivity contribution >= 4 is 11.4 Å². The van der Waals surface area contributed by atoms with Gasteiger partial charge in [0.1, 0.15) is 5.75 Å². The van der Waals surface area contributed by atoms with E-state index in [0.29, 0.717) is 12.2 Å². The van der Waals surface area contributed by atoms with Crippen molar-refractivity contribution in [2.45, 2.75) is 26.4 Å². The Morgan fingerprint density at radius 2 is 2.06 bits per heavy atom. The number of anilines is 2. The number of nitrogens with two attached hydrogens (primary N) is 1. The second-order valence-electron chi connectivity index (χ2n) is 4.75. The molecule has 0 saturated carbocycles. The van der Waals surface area contributed by atoms with Crippen molar-refractivity contribution in [3.63, 3.8) is 0 Å². The minimum absolute atomic E-state index is 0.542. The molecule has 1 rings (SSSR count). The number of benzene rings is 1. The molecule has 0 spiro atoms. The largest absolute Gasteiger partial charge is 0.497 e. The van der Waals surface area contributed by atoms with Crippen molar-refractivity contribution in [3.05, 3.63) is 18.2 Å². The Bertz CT molecular complexity index is 372. The molecule has 3 N–H and O–H groups in total. The van der Waals surface area contributed by atoms with Gasteiger partial charge in [0.05, 0.1) is 24.1 Å². The summed E-state index contributed by atoms with van der Waals surface area (Å²) in [6, 6.07) is 5.59. The van der Waals surface area contributed by atoms with Crippen LogP contribution in [0.4, 0.5) is 11.4 Å². The van der Waals surface area contributed by atoms with Gasteiger partial charge in [-0.25, -0.2) is 0 Å². The molecule has 0 aromatic heterocycles. The van der Waals surface area contributed by atoms with Gasteiger partial charge in [-0.05, 0) is 32.9 Å². The summed E-state index contributed by atoms with van der Waals surface area (Å²) in [5, 5.41) is 9.86. The van der Waals surface area contributed by atoms with Gasteiger partial charge in [-0.2, -0.15) is 0 Å². The maximum Gasteiger partial charge on any atom is 0.121 e. The van der Waals surface area contributed by atoms with Crippen LogP contribution in [-0.4, -0.2) is 30.9 Å². The van der Waals surface area contributed by atoms with Gasteiger partial charge >= 0.3 is 0 Å². The second kappa shape index (κ2) is 5.27. The zero-order chi connectivity index (χ0) is 13.1. The van der Waals surface area contributed by atoms with Gasteiger partial charge in [0.2, 0.25) is 0 Å². The Labute approximate surface area is 103 Å². The summed E-state index contributed by atoms with van der Waals surface area (Å²) in [5.41, 5.74) is 6.83. The highest BCUT2D eigenvalue weighted by Crippen LogP contribution is 2.28. The number of hydrogen-bond acceptors (Lipinski definition) is 4. The van der Waals surface area contributed by atoms with Crippen molar-refractivity contribution in [2.75, 3.05) is 30.8 Å². The van der Waals surface area contributed by atoms with Gasteiger partial charge in [-0.1, -0.05) is 0 Å². The molecule has 0 aliphatic heterocycles. The fourth-order valence-electron chi connectivity index (χ4n) is 1.78. The molecule has 1 aromatic carbocycles. The molecule has 17 heavy (non-hydrogen) atoms. The number of methoxy groups -OCH3 is 1. The van der Waals surface area contributed by atoms with Crippen LogP contribution in [-0.2, 0) is 0 Å². The maximum absolute atomic E-state index is 9.86. The van der Waals surface area contributed by atoms with Gasteiger partial charge < -0.3 is 20.5 Å². The standard InChI is InChI=1S/C13H22N2O2/c1-5-15(9-13(2,3)16)12-7-6-10(17-4)8-11(12)14/h6-8,16H,5,9,14H2,1-4H3. The maximum atomic E-state index is 9.86. The lowest BCUT2D eigenvalue weighted by atomic mass is 10.1. The van der Waals surface area contributed by atoms with Crippen LogP contribution in [0.25, 0.3) is 0 Å². The normalized spacial score (nSPS) is 11.4. The van der Waals surface area contributed by atoms with Crippen molar-refractivity contribution in [1.29, 1.82) is 0 Å². The van der Waals surface area contributed by atoms with E-state index in [1.165, 1.54) is 0 Å². The van der Waals surface area contributed by atoms with Crippen molar-refractivity contribution in [3.8, 4) is 5.75 Å². The molecule has 0 saturated heterocycles. The fraction of sp³-hybridized carbons (Fsp3) is 0.538. The van der Waals surface area contributed by atoms with Crippen molar-refractivity contribution < 1.29 is 9.84 Å². The first kappa shape index (κ1) is 13.6. The smallest absolute Gasteiger partial charge is 0.121 e. The predicted molar refractivity (Wildman–Crippen MR) is 71.6 cm³/mol. The summed E-state index contributed by atoms with van der Waals surface area (Å²) < 4.78 is 5.12. The summed E-state index contributed by atoms with van der Waals surface area (Å²) >= 11 is 0. The monoisotopic (exact) mass is 238 g/mol. The lowest BCUT2D eigenvalue weighted by molar-refractivity contribution is 0.0876. The molecule has 0 bridgehead atoms. The van der Waals surface area contributed by atoms with Gasteiger partial charge in [-0.3, -0.25) is 0 Å². The molecule has 0 unspecified atom stereocenters. The summed E-state index contributed by atoms with van der Waals surface area (Å²) in [6.07, 6.45) is 0. The summed E-state index contributed by atoms with van der Waals surface area (Å²) in [6.45, 7) is 6.95. The minimum atomic E-state index is -0.748. The summed E-state index contributed by atoms with van der Waals surface area (Å²) in [7, 11) is 1.61. The van der Waals surface area contributed by atoms with Crippen LogP contribution in [0.2, 0.25) is 0 Å². The highest BCUT2D eigenvalue weighted by molar-refractivity contribution is 5.69. The van der Waals surface area contributed by atoms with Crippen LogP contribution in [0, 0.1) is 0 Å². The summed E-state index contributed by atoms with van der Waals surface area (Å²) in [4.78, 5) is 2.05. The third-order valence-corrected chi connectivity index (χ3v) is 2.53. The molecule has 4 nitrogen and oxygen atoms in total. The van der Waals surface area contributed by atoms with Crippen LogP contribution in [0.1, 0.15) is 20.8 Å². The highest BCUT2D eigenvalue weighted by Gasteiger charge is 2.19. The quantitative estimate of drug-likeness (QED) is 0.769. The Morgan fingerprint density at radius 3 is 2.47 bits per heavy atom. The third-order valence-electron chi connectivity index (χ3n) is 2.53. The predicted octanol–water partition coefficient (Wildman–Crippen LogP) is 1.87. The van der Waals surface area contributed by atoms with Gasteiger partial charge in [0.15, 0.2) is 0 Å². The molecule has 4 heteroatoms. The average Bonchev–Trinajstić information content (AvgIpc) is 2.24. The Hall–Kier alpha value is -1.42. The van der Waals surface area contributed by atoms with Crippen LogP contribution in [0.5, 0.6) is 5.75 Å². The van der Waals surface area contributed by atoms with E-state index in [0.717, 1.165) is 18.0 Å². The number of hydrogen-bond donors (Lipinski definition) is 2. The molecule has 0 aliphatic carbocycles. The van der Waals surface area contributed by atoms with E-state index in [1.807, 2.05) is 19.1 Å². The lowest BCUT2D eigenvalue weighted by Crippen LogP contribution is -2.38. The van der Waals surface area contributed by atoms with Crippen LogP contribution in [0.15, 0.2) is 18.2 Å². The van der Waals surface area contributed by atoms with E-state index in [4.69, 9.17) is 10.5 Å². The van der Waals surface area contributed by atoms with E-state index in [9.17, 15) is 5.11 Å². The average molecular weight is 238 g/mol. The molecular formula is C13H22N2O2. The molecule has 1 aromatic rings. The van der Waals surface area contributed by atoms with E-state index in [2.05, 4.69) is 4.90 Å². The summed E-state index contributed by atoms with van der Waals surface area (Å²) in [5.74, 6) is 0.741. The van der Waals surface area contributed by atoms with Crippen LogP contribution >= 0.6 is 0 Å². The molecule has 96 valence electrons. The SMILES string of the molecule is CCN(CC(C)(C)O)c1ccc(OC)cc1N. The second-order valence-corrected chi connectivity index (χ2v) is 4.75. The number of aliphatic hydroxyl groups is 1. The number of nitrogens with zero attached hydrogens (tertiary/aromatic N) is 1. The van der Waals surface area contributed by atoms with Crippen molar-refractivity contribution in [1.82, 2.24) is 0 Å². The lowest BCUT2D eigenvalue weighted by Gasteiger charge is -2.30. The van der Waals surface area contributed by atoms with E-state index >= 15 is 0 Å². The molecule has 0 heterocycles. The molecule has 0 atom stereocenters. The zero-order valence-corrected chi connectivity index (χ0v) is 11.0. The molecular weight excluding hydrogens is 216 g/mol. The third kappa shape index (κ3) is 3.82. The van der Waals surface area contributed by atoms with E-state index in [1.54, 1.807) is 27.0 Å². The first-order chi connectivity index (χ1) is 7.87. The topological polar surface area (TPSA) is 58.7 Å². The fourth-order valence-corrected chi connectivity index (χ4v) is 1.78. The first-order valence-corrected chi connectivity index (χ1v) is 5.78. The Morgan fingerprint density at radius 1 is 1.41 bits per heavy atom. The zero-order valence-electron chi connectivity index (χ0n) is 11.0. The van der Waals surface area contributed by atoms with Gasteiger partial charge in [0, 0.05) is 19.2 Å². The first-order valence-electron chi connectivity index (χ1n) is 5.78. The molecule has 0 aliphatic rings. The number of likely N-dealkylation sites (N-methyl/N-ethyl adjacent to an activating group) is 1. The molecule has 0 fully saturated rings. The Balaban J connectivity index is 2.96. The number of rotatable bonds is 5. The van der Waals surface area contributed by atoms with E-state index < -0.39 is 5.60 Å². The molecule has 0 amide bonds. The van der Waals surface area contributed by atoms with Crippen LogP contribution in [0.3, 0.4) is 0 Å². The minimum Gasteiger partial charge on any atom is -0.497 e. The van der Waals surface area contributed by atoms with Gasteiger partial charge in [0.25, 0.3) is 0 Å². The highest BCUT2D eigenvalue weighted by atomic mass is 16.5. The van der Waals surface area contributed by atoms with E-state index in [-0.39, 0.29) is 0 Å². The van der Waals surface area contributed by atoms with Crippen LogP contribution < -0.4 is 15.4 Å². The number of ether oxygens (including phenoxy) is 1.